The molecule has 1 aromatic rings. The van der Waals surface area contributed by atoms with Gasteiger partial charge in [-0.1, -0.05) is 48.0 Å². The molecule has 1 heterocycles. The summed E-state index contributed by atoms with van der Waals surface area (Å²) in [4.78, 5) is 15.1. The molecule has 1 amide bonds. The Morgan fingerprint density at radius 2 is 2.19 bits per heavy atom. The quantitative estimate of drug-likeness (QED) is 0.877. The molecular weight excluding hydrogens is 332 g/mol. The van der Waals surface area contributed by atoms with Crippen molar-refractivity contribution in [3.8, 4) is 0 Å². The lowest BCUT2D eigenvalue weighted by atomic mass is 10.1. The van der Waals surface area contributed by atoms with E-state index in [1.807, 2.05) is 12.1 Å². The maximum Gasteiger partial charge on any atom is 0.407 e. The van der Waals surface area contributed by atoms with Gasteiger partial charge in [0.05, 0.1) is 0 Å². The Bertz CT molecular complexity index is 493. The van der Waals surface area contributed by atoms with Gasteiger partial charge in [0, 0.05) is 36.7 Å². The third-order valence-corrected chi connectivity index (χ3v) is 4.65. The van der Waals surface area contributed by atoms with Crippen molar-refractivity contribution in [2.45, 2.75) is 32.9 Å². The minimum atomic E-state index is -0.803. The Morgan fingerprint density at radius 3 is 2.76 bits per heavy atom. The lowest BCUT2D eigenvalue weighted by Gasteiger charge is -2.30. The van der Waals surface area contributed by atoms with Crippen molar-refractivity contribution in [2.75, 3.05) is 19.6 Å². The number of hydrogen-bond acceptors (Lipinski definition) is 2. The van der Waals surface area contributed by atoms with Crippen LogP contribution >= 0.6 is 15.9 Å². The van der Waals surface area contributed by atoms with Gasteiger partial charge < -0.3 is 10.0 Å². The number of nitrogens with zero attached hydrogens (tertiary/aromatic N) is 2. The van der Waals surface area contributed by atoms with E-state index in [0.717, 1.165) is 24.0 Å². The molecule has 1 aliphatic rings. The second-order valence-electron chi connectivity index (χ2n) is 6.09. The largest absolute Gasteiger partial charge is 0.465 e. The first-order valence-electron chi connectivity index (χ1n) is 7.42. The van der Waals surface area contributed by atoms with Gasteiger partial charge in [-0.2, -0.15) is 0 Å². The topological polar surface area (TPSA) is 43.8 Å². The standard InChI is InChI=1S/C16H23BrN2O2/c1-12(2)9-19(10-13-5-3-4-6-15(13)17)14-7-8-18(11-14)16(20)21/h3-6,12,14H,7-11H2,1-2H3,(H,20,21)/t14-/m0/s1. The predicted molar refractivity (Wildman–Crippen MR) is 87.4 cm³/mol. The van der Waals surface area contributed by atoms with Gasteiger partial charge in [-0.15, -0.1) is 0 Å². The summed E-state index contributed by atoms with van der Waals surface area (Å²) in [6, 6.07) is 8.56. The van der Waals surface area contributed by atoms with Crippen molar-refractivity contribution in [1.29, 1.82) is 0 Å². The Morgan fingerprint density at radius 1 is 1.48 bits per heavy atom. The zero-order chi connectivity index (χ0) is 15.4. The first-order valence-corrected chi connectivity index (χ1v) is 8.22. The second-order valence-corrected chi connectivity index (χ2v) is 6.94. The van der Waals surface area contributed by atoms with E-state index in [9.17, 15) is 4.79 Å². The van der Waals surface area contributed by atoms with E-state index < -0.39 is 6.09 Å². The van der Waals surface area contributed by atoms with Gasteiger partial charge in [0.2, 0.25) is 0 Å². The zero-order valence-electron chi connectivity index (χ0n) is 12.6. The summed E-state index contributed by atoms with van der Waals surface area (Å²) < 4.78 is 1.12. The molecular formula is C16H23BrN2O2. The number of rotatable bonds is 5. The first-order chi connectivity index (χ1) is 9.97. The molecule has 0 unspecified atom stereocenters. The van der Waals surface area contributed by atoms with Crippen LogP contribution in [0.15, 0.2) is 28.7 Å². The molecule has 4 nitrogen and oxygen atoms in total. The molecule has 21 heavy (non-hydrogen) atoms. The number of benzene rings is 1. The summed E-state index contributed by atoms with van der Waals surface area (Å²) in [5.74, 6) is 0.561. The van der Waals surface area contributed by atoms with E-state index in [0.29, 0.717) is 25.0 Å². The fourth-order valence-electron chi connectivity index (χ4n) is 2.87. The minimum absolute atomic E-state index is 0.315. The predicted octanol–water partition coefficient (Wildman–Crippen LogP) is 3.66. The third-order valence-electron chi connectivity index (χ3n) is 3.88. The van der Waals surface area contributed by atoms with E-state index in [1.54, 1.807) is 0 Å². The van der Waals surface area contributed by atoms with Crippen molar-refractivity contribution in [1.82, 2.24) is 9.80 Å². The Hall–Kier alpha value is -1.07. The molecule has 1 N–H and O–H groups in total. The molecule has 1 saturated heterocycles. The van der Waals surface area contributed by atoms with Crippen molar-refractivity contribution in [2.24, 2.45) is 5.92 Å². The number of hydrogen-bond donors (Lipinski definition) is 1. The molecule has 0 spiro atoms. The number of carbonyl (C=O) groups is 1. The molecule has 0 bridgehead atoms. The van der Waals surface area contributed by atoms with Crippen molar-refractivity contribution in [3.63, 3.8) is 0 Å². The van der Waals surface area contributed by atoms with Crippen molar-refractivity contribution < 1.29 is 9.90 Å². The van der Waals surface area contributed by atoms with E-state index in [-0.39, 0.29) is 0 Å². The molecule has 1 fully saturated rings. The van der Waals surface area contributed by atoms with Gasteiger partial charge in [0.25, 0.3) is 0 Å². The highest BCUT2D eigenvalue weighted by molar-refractivity contribution is 9.10. The monoisotopic (exact) mass is 354 g/mol. The number of likely N-dealkylation sites (tertiary alicyclic amines) is 1. The summed E-state index contributed by atoms with van der Waals surface area (Å²) in [5.41, 5.74) is 1.26. The Labute approximate surface area is 134 Å². The normalized spacial score (nSPS) is 18.7. The minimum Gasteiger partial charge on any atom is -0.465 e. The summed E-state index contributed by atoms with van der Waals surface area (Å²) in [6.45, 7) is 7.52. The summed E-state index contributed by atoms with van der Waals surface area (Å²) in [7, 11) is 0. The van der Waals surface area contributed by atoms with E-state index in [1.165, 1.54) is 10.5 Å². The lowest BCUT2D eigenvalue weighted by Crippen LogP contribution is -2.40. The summed E-state index contributed by atoms with van der Waals surface area (Å²) in [5, 5.41) is 9.13. The van der Waals surface area contributed by atoms with Crippen molar-refractivity contribution >= 4 is 22.0 Å². The average molecular weight is 355 g/mol. The lowest BCUT2D eigenvalue weighted by molar-refractivity contribution is 0.140. The van der Waals surface area contributed by atoms with E-state index in [2.05, 4.69) is 46.8 Å². The van der Waals surface area contributed by atoms with Crippen LogP contribution in [0, 0.1) is 5.92 Å². The fourth-order valence-corrected chi connectivity index (χ4v) is 3.28. The van der Waals surface area contributed by atoms with Crippen LogP contribution in [0.1, 0.15) is 25.8 Å². The van der Waals surface area contributed by atoms with Crippen LogP contribution in [0.5, 0.6) is 0 Å². The third kappa shape index (κ3) is 4.45. The highest BCUT2D eigenvalue weighted by atomic mass is 79.9. The Balaban J connectivity index is 2.08. The van der Waals surface area contributed by atoms with Crippen LogP contribution in [0.3, 0.4) is 0 Å². The van der Waals surface area contributed by atoms with Crippen LogP contribution in [-0.2, 0) is 6.54 Å². The molecule has 1 atom stereocenters. The smallest absolute Gasteiger partial charge is 0.407 e. The van der Waals surface area contributed by atoms with E-state index in [4.69, 9.17) is 5.11 Å². The van der Waals surface area contributed by atoms with Gasteiger partial charge in [-0.05, 0) is 24.0 Å². The fraction of sp³-hybridized carbons (Fsp3) is 0.562. The van der Waals surface area contributed by atoms with Crippen LogP contribution < -0.4 is 0 Å². The highest BCUT2D eigenvalue weighted by Gasteiger charge is 2.30. The maximum absolute atomic E-state index is 11.1. The Kier molecular flexibility index (Phi) is 5.65. The van der Waals surface area contributed by atoms with Crippen LogP contribution in [0.2, 0.25) is 0 Å². The van der Waals surface area contributed by atoms with Crippen molar-refractivity contribution in [3.05, 3.63) is 34.3 Å². The average Bonchev–Trinajstić information content (AvgIpc) is 2.90. The number of amides is 1. The number of halogens is 1. The van der Waals surface area contributed by atoms with Gasteiger partial charge in [0.15, 0.2) is 0 Å². The molecule has 5 heteroatoms. The SMILES string of the molecule is CC(C)CN(Cc1ccccc1Br)[C@H]1CCN(C(=O)O)C1. The molecule has 0 saturated carbocycles. The highest BCUT2D eigenvalue weighted by Crippen LogP contribution is 2.23. The van der Waals surface area contributed by atoms with Gasteiger partial charge in [0.1, 0.15) is 0 Å². The maximum atomic E-state index is 11.1. The zero-order valence-corrected chi connectivity index (χ0v) is 14.2. The van der Waals surface area contributed by atoms with Gasteiger partial charge >= 0.3 is 6.09 Å². The van der Waals surface area contributed by atoms with E-state index >= 15 is 0 Å². The second kappa shape index (κ2) is 7.27. The molecule has 0 aromatic heterocycles. The van der Waals surface area contributed by atoms with Crippen LogP contribution in [0.25, 0.3) is 0 Å². The molecule has 2 rings (SSSR count). The summed E-state index contributed by atoms with van der Waals surface area (Å²) in [6.07, 6.45) is 0.117. The molecule has 0 aliphatic carbocycles. The number of carboxylic acid groups (broad SMARTS) is 1. The molecule has 116 valence electrons. The summed E-state index contributed by atoms with van der Waals surface area (Å²) >= 11 is 3.60. The van der Waals surface area contributed by atoms with Gasteiger partial charge in [-0.25, -0.2) is 4.79 Å². The van der Waals surface area contributed by atoms with Gasteiger partial charge in [-0.3, -0.25) is 4.90 Å². The van der Waals surface area contributed by atoms with Crippen LogP contribution in [-0.4, -0.2) is 46.7 Å². The molecule has 0 radical (unpaired) electrons. The molecule has 1 aliphatic heterocycles. The molecule has 1 aromatic carbocycles. The first kappa shape index (κ1) is 16.3. The van der Waals surface area contributed by atoms with Crippen LogP contribution in [0.4, 0.5) is 4.79 Å².